The van der Waals surface area contributed by atoms with Gasteiger partial charge in [0.05, 0.1) is 16.5 Å². The maximum Gasteiger partial charge on any atom is 0.270 e. The van der Waals surface area contributed by atoms with Crippen LogP contribution in [-0.4, -0.2) is 23.9 Å². The van der Waals surface area contributed by atoms with Crippen molar-refractivity contribution in [3.05, 3.63) is 38.9 Å². The van der Waals surface area contributed by atoms with Crippen LogP contribution in [-0.2, 0) is 11.3 Å². The lowest BCUT2D eigenvalue weighted by Crippen LogP contribution is -2.33. The van der Waals surface area contributed by atoms with Crippen molar-refractivity contribution in [1.29, 1.82) is 0 Å². The van der Waals surface area contributed by atoms with E-state index < -0.39 is 4.92 Å². The zero-order chi connectivity index (χ0) is 13.5. The molecule has 1 amide bonds. The third kappa shape index (κ3) is 4.31. The monoisotopic (exact) mass is 271 g/mol. The average molecular weight is 272 g/mol. The fraction of sp³-hybridized carbons (Fsp3) is 0.364. The van der Waals surface area contributed by atoms with Gasteiger partial charge >= 0.3 is 0 Å². The van der Waals surface area contributed by atoms with Crippen molar-refractivity contribution in [3.63, 3.8) is 0 Å². The van der Waals surface area contributed by atoms with Gasteiger partial charge in [-0.3, -0.25) is 14.9 Å². The van der Waals surface area contributed by atoms with E-state index in [1.807, 2.05) is 6.92 Å². The first-order valence-electron chi connectivity index (χ1n) is 5.44. The first kappa shape index (κ1) is 14.4. The van der Waals surface area contributed by atoms with Crippen molar-refractivity contribution in [2.45, 2.75) is 13.5 Å². The fourth-order valence-electron chi connectivity index (χ4n) is 1.36. The van der Waals surface area contributed by atoms with Gasteiger partial charge in [-0.05, 0) is 18.6 Å². The van der Waals surface area contributed by atoms with Crippen LogP contribution in [0.15, 0.2) is 18.2 Å². The number of rotatable bonds is 6. The Hall–Kier alpha value is -1.66. The van der Waals surface area contributed by atoms with Crippen LogP contribution in [0.3, 0.4) is 0 Å². The first-order chi connectivity index (χ1) is 8.54. The van der Waals surface area contributed by atoms with Crippen molar-refractivity contribution >= 4 is 23.2 Å². The molecule has 0 aliphatic heterocycles. The number of nitrogens with one attached hydrogen (secondary N) is 2. The molecule has 0 heterocycles. The van der Waals surface area contributed by atoms with Gasteiger partial charge in [-0.15, -0.1) is 0 Å². The molecular formula is C11H14ClN3O3. The van der Waals surface area contributed by atoms with E-state index in [1.165, 1.54) is 12.1 Å². The highest BCUT2D eigenvalue weighted by atomic mass is 35.5. The largest absolute Gasteiger partial charge is 0.355 e. The van der Waals surface area contributed by atoms with Gasteiger partial charge < -0.3 is 10.6 Å². The Bertz CT molecular complexity index is 451. The lowest BCUT2D eigenvalue weighted by atomic mass is 10.2. The van der Waals surface area contributed by atoms with Crippen molar-refractivity contribution in [1.82, 2.24) is 10.6 Å². The highest BCUT2D eigenvalue weighted by Gasteiger charge is 2.09. The molecule has 0 spiro atoms. The molecule has 0 saturated heterocycles. The second-order valence-corrected chi connectivity index (χ2v) is 4.00. The van der Waals surface area contributed by atoms with Gasteiger partial charge in [0, 0.05) is 25.2 Å². The van der Waals surface area contributed by atoms with E-state index in [-0.39, 0.29) is 18.1 Å². The molecule has 0 radical (unpaired) electrons. The third-order valence-corrected chi connectivity index (χ3v) is 2.57. The van der Waals surface area contributed by atoms with Crippen LogP contribution in [0.4, 0.5) is 5.69 Å². The zero-order valence-corrected chi connectivity index (χ0v) is 10.7. The number of likely N-dealkylation sites (N-methyl/N-ethyl adjacent to an activating group) is 1. The Labute approximate surface area is 109 Å². The molecule has 6 nitrogen and oxygen atoms in total. The first-order valence-corrected chi connectivity index (χ1v) is 5.82. The van der Waals surface area contributed by atoms with Gasteiger partial charge in [0.1, 0.15) is 0 Å². The quantitative estimate of drug-likeness (QED) is 0.606. The van der Waals surface area contributed by atoms with Crippen molar-refractivity contribution in [3.8, 4) is 0 Å². The van der Waals surface area contributed by atoms with Gasteiger partial charge in [-0.1, -0.05) is 11.6 Å². The van der Waals surface area contributed by atoms with Gasteiger partial charge in [-0.2, -0.15) is 0 Å². The van der Waals surface area contributed by atoms with Crippen molar-refractivity contribution in [2.24, 2.45) is 0 Å². The molecule has 18 heavy (non-hydrogen) atoms. The van der Waals surface area contributed by atoms with E-state index in [0.29, 0.717) is 23.7 Å². The van der Waals surface area contributed by atoms with Crippen LogP contribution in [0, 0.1) is 10.1 Å². The van der Waals surface area contributed by atoms with Gasteiger partial charge in [0.2, 0.25) is 5.91 Å². The van der Waals surface area contributed by atoms with Crippen LogP contribution >= 0.6 is 11.6 Å². The van der Waals surface area contributed by atoms with E-state index >= 15 is 0 Å². The minimum atomic E-state index is -0.502. The van der Waals surface area contributed by atoms with Crippen molar-refractivity contribution < 1.29 is 9.72 Å². The number of nitro benzene ring substituents is 1. The molecular weight excluding hydrogens is 258 g/mol. The molecule has 1 aromatic rings. The standard InChI is InChI=1S/C11H14ClN3O3/c1-2-14-11(16)7-13-6-8-3-4-9(15(17)18)5-10(8)12/h3-5,13H,2,6-7H2,1H3,(H,14,16). The highest BCUT2D eigenvalue weighted by molar-refractivity contribution is 6.31. The topological polar surface area (TPSA) is 84.3 Å². The molecule has 0 bridgehead atoms. The molecule has 0 aromatic heterocycles. The van der Waals surface area contributed by atoms with E-state index in [4.69, 9.17) is 11.6 Å². The fourth-order valence-corrected chi connectivity index (χ4v) is 1.61. The number of hydrogen-bond acceptors (Lipinski definition) is 4. The van der Waals surface area contributed by atoms with E-state index in [9.17, 15) is 14.9 Å². The minimum absolute atomic E-state index is 0.0486. The van der Waals surface area contributed by atoms with Crippen molar-refractivity contribution in [2.75, 3.05) is 13.1 Å². The van der Waals surface area contributed by atoms with Crippen LogP contribution < -0.4 is 10.6 Å². The predicted molar refractivity (Wildman–Crippen MR) is 68.5 cm³/mol. The Balaban J connectivity index is 2.53. The summed E-state index contributed by atoms with van der Waals surface area (Å²) >= 11 is 5.90. The summed E-state index contributed by atoms with van der Waals surface area (Å²) in [5, 5.41) is 16.4. The summed E-state index contributed by atoms with van der Waals surface area (Å²) in [6.07, 6.45) is 0. The molecule has 0 aliphatic carbocycles. The highest BCUT2D eigenvalue weighted by Crippen LogP contribution is 2.22. The van der Waals surface area contributed by atoms with E-state index in [0.717, 1.165) is 0 Å². The lowest BCUT2D eigenvalue weighted by molar-refractivity contribution is -0.384. The van der Waals surface area contributed by atoms with Crippen LogP contribution in [0.1, 0.15) is 12.5 Å². The summed E-state index contributed by atoms with van der Waals surface area (Å²) < 4.78 is 0. The van der Waals surface area contributed by atoms with Crippen LogP contribution in [0.5, 0.6) is 0 Å². The second kappa shape index (κ2) is 6.93. The number of carbonyl (C=O) groups is 1. The Morgan fingerprint density at radius 2 is 2.22 bits per heavy atom. The number of non-ortho nitro benzene ring substituents is 1. The summed E-state index contributed by atoms with van der Waals surface area (Å²) in [5.41, 5.74) is 0.666. The smallest absolute Gasteiger partial charge is 0.270 e. The Kier molecular flexibility index (Phi) is 5.54. The number of amides is 1. The van der Waals surface area contributed by atoms with E-state index in [2.05, 4.69) is 10.6 Å². The maximum absolute atomic E-state index is 11.2. The molecule has 0 fully saturated rings. The Morgan fingerprint density at radius 3 is 2.78 bits per heavy atom. The molecule has 0 atom stereocenters. The third-order valence-electron chi connectivity index (χ3n) is 2.22. The molecule has 1 aromatic carbocycles. The molecule has 0 unspecified atom stereocenters. The maximum atomic E-state index is 11.2. The van der Waals surface area contributed by atoms with E-state index in [1.54, 1.807) is 6.07 Å². The van der Waals surface area contributed by atoms with Crippen LogP contribution in [0.25, 0.3) is 0 Å². The van der Waals surface area contributed by atoms with Gasteiger partial charge in [0.15, 0.2) is 0 Å². The van der Waals surface area contributed by atoms with Crippen LogP contribution in [0.2, 0.25) is 5.02 Å². The summed E-state index contributed by atoms with van der Waals surface area (Å²) in [5.74, 6) is -0.101. The van der Waals surface area contributed by atoms with Gasteiger partial charge in [-0.25, -0.2) is 0 Å². The molecule has 7 heteroatoms. The number of carbonyl (C=O) groups excluding carboxylic acids is 1. The minimum Gasteiger partial charge on any atom is -0.355 e. The second-order valence-electron chi connectivity index (χ2n) is 3.59. The summed E-state index contributed by atoms with van der Waals surface area (Å²) in [6, 6.07) is 4.25. The normalized spacial score (nSPS) is 10.1. The summed E-state index contributed by atoms with van der Waals surface area (Å²) in [7, 11) is 0. The Morgan fingerprint density at radius 1 is 1.50 bits per heavy atom. The number of hydrogen-bond donors (Lipinski definition) is 2. The number of halogens is 1. The summed E-state index contributed by atoms with van der Waals surface area (Å²) in [6.45, 7) is 2.99. The molecule has 2 N–H and O–H groups in total. The number of benzene rings is 1. The average Bonchev–Trinajstić information content (AvgIpc) is 2.31. The van der Waals surface area contributed by atoms with Gasteiger partial charge in [0.25, 0.3) is 5.69 Å². The SMILES string of the molecule is CCNC(=O)CNCc1ccc([N+](=O)[O-])cc1Cl. The summed E-state index contributed by atoms with van der Waals surface area (Å²) in [4.78, 5) is 21.2. The molecule has 1 rings (SSSR count). The predicted octanol–water partition coefficient (Wildman–Crippen LogP) is 1.47. The molecule has 0 aliphatic rings. The lowest BCUT2D eigenvalue weighted by Gasteiger charge is -2.06. The molecule has 98 valence electrons. The number of nitro groups is 1. The number of nitrogens with zero attached hydrogens (tertiary/aromatic N) is 1. The zero-order valence-electron chi connectivity index (χ0n) is 9.90. The molecule has 0 saturated carbocycles.